The Morgan fingerprint density at radius 3 is 2.90 bits per heavy atom. The smallest absolute Gasteiger partial charge is 0.418 e. The van der Waals surface area contributed by atoms with Gasteiger partial charge in [-0.05, 0) is 24.1 Å². The van der Waals surface area contributed by atoms with Gasteiger partial charge in [-0.3, -0.25) is 9.59 Å². The van der Waals surface area contributed by atoms with Crippen molar-refractivity contribution in [1.29, 1.82) is 0 Å². The predicted molar refractivity (Wildman–Crippen MR) is 70.0 cm³/mol. The molecule has 0 saturated carbocycles. The van der Waals surface area contributed by atoms with Crippen molar-refractivity contribution in [2.75, 3.05) is 6.54 Å². The molecule has 1 aliphatic heterocycles. The monoisotopic (exact) mass is 339 g/mol. The number of imide groups is 1. The molecule has 1 spiro atoms. The van der Waals surface area contributed by atoms with Crippen molar-refractivity contribution < 1.29 is 24.2 Å². The zero-order valence-electron chi connectivity index (χ0n) is 10.3. The molecule has 0 radical (unpaired) electrons. The third kappa shape index (κ3) is 1.73. The Bertz CT molecular complexity index is 644. The number of carboxylic acids is 1. The lowest BCUT2D eigenvalue weighted by Gasteiger charge is -2.20. The number of ether oxygens (including phenoxy) is 1. The van der Waals surface area contributed by atoms with Crippen molar-refractivity contribution in [3.05, 3.63) is 33.8 Å². The molecule has 1 aromatic carbocycles. The van der Waals surface area contributed by atoms with Crippen LogP contribution in [0.15, 0.2) is 22.7 Å². The van der Waals surface area contributed by atoms with Gasteiger partial charge in [0.05, 0.1) is 0 Å². The lowest BCUT2D eigenvalue weighted by Crippen LogP contribution is -2.39. The summed E-state index contributed by atoms with van der Waals surface area (Å²) in [5, 5.41) is 8.76. The first-order valence-corrected chi connectivity index (χ1v) is 6.79. The van der Waals surface area contributed by atoms with Crippen LogP contribution in [0.2, 0.25) is 0 Å². The maximum absolute atomic E-state index is 12.4. The van der Waals surface area contributed by atoms with Gasteiger partial charge in [-0.1, -0.05) is 22.0 Å². The molecule has 2 amide bonds. The number of aryl methyl sites for hydroxylation is 1. The number of hydrogen-bond donors (Lipinski definition) is 1. The standard InChI is InChI=1S/C13H10BrNO5/c14-8-1-2-9-7(5-8)3-4-13(9)11(18)15(6-10(16)17)12(19)20-13/h1-2,5H,3-4,6H2,(H,16,17). The van der Waals surface area contributed by atoms with Crippen LogP contribution in [-0.2, 0) is 26.3 Å². The average Bonchev–Trinajstić information content (AvgIpc) is 2.84. The molecule has 104 valence electrons. The second-order valence-corrected chi connectivity index (χ2v) is 5.70. The van der Waals surface area contributed by atoms with Crippen molar-refractivity contribution in [3.63, 3.8) is 0 Å². The number of carbonyl (C=O) groups excluding carboxylic acids is 2. The number of fused-ring (bicyclic) bond motifs is 2. The Balaban J connectivity index is 2.03. The number of halogens is 1. The maximum atomic E-state index is 12.4. The van der Waals surface area contributed by atoms with Crippen molar-refractivity contribution >= 4 is 33.9 Å². The molecular weight excluding hydrogens is 330 g/mol. The third-order valence-corrected chi connectivity index (χ3v) is 4.11. The third-order valence-electron chi connectivity index (χ3n) is 3.61. The number of hydrogen-bond acceptors (Lipinski definition) is 4. The highest BCUT2D eigenvalue weighted by Crippen LogP contribution is 2.45. The lowest BCUT2D eigenvalue weighted by atomic mass is 9.95. The summed E-state index contributed by atoms with van der Waals surface area (Å²) >= 11 is 3.35. The molecule has 1 fully saturated rings. The van der Waals surface area contributed by atoms with Gasteiger partial charge in [-0.25, -0.2) is 9.69 Å². The summed E-state index contributed by atoms with van der Waals surface area (Å²) in [6.07, 6.45) is 0.0573. The highest BCUT2D eigenvalue weighted by atomic mass is 79.9. The Labute approximate surface area is 122 Å². The number of carboxylic acid groups (broad SMARTS) is 1. The molecule has 1 aliphatic carbocycles. The van der Waals surface area contributed by atoms with Gasteiger partial charge in [0.25, 0.3) is 5.91 Å². The Hall–Kier alpha value is -1.89. The molecule has 1 atom stereocenters. The largest absolute Gasteiger partial charge is 0.480 e. The molecule has 2 aliphatic rings. The summed E-state index contributed by atoms with van der Waals surface area (Å²) in [6.45, 7) is -0.675. The van der Waals surface area contributed by atoms with E-state index in [1.54, 1.807) is 12.1 Å². The zero-order chi connectivity index (χ0) is 14.5. The summed E-state index contributed by atoms with van der Waals surface area (Å²) in [5.41, 5.74) is 0.229. The zero-order valence-corrected chi connectivity index (χ0v) is 11.8. The first kappa shape index (κ1) is 13.1. The normalized spacial score (nSPS) is 24.1. The summed E-state index contributed by atoms with van der Waals surface area (Å²) in [5.74, 6) is -1.84. The first-order valence-electron chi connectivity index (χ1n) is 6.00. The predicted octanol–water partition coefficient (Wildman–Crippen LogP) is 1.65. The van der Waals surface area contributed by atoms with E-state index in [0.717, 1.165) is 10.0 Å². The fourth-order valence-electron chi connectivity index (χ4n) is 2.76. The SMILES string of the molecule is O=C(O)CN1C(=O)OC2(CCc3cc(Br)ccc32)C1=O. The first-order chi connectivity index (χ1) is 9.44. The molecule has 0 bridgehead atoms. The van der Waals surface area contributed by atoms with Crippen LogP contribution in [0.4, 0.5) is 4.79 Å². The number of aliphatic carboxylic acids is 1. The molecule has 1 N–H and O–H groups in total. The minimum Gasteiger partial charge on any atom is -0.480 e. The highest BCUT2D eigenvalue weighted by Gasteiger charge is 2.58. The molecule has 6 nitrogen and oxygen atoms in total. The van der Waals surface area contributed by atoms with E-state index < -0.39 is 30.1 Å². The van der Waals surface area contributed by atoms with Crippen LogP contribution < -0.4 is 0 Å². The summed E-state index contributed by atoms with van der Waals surface area (Å²) in [7, 11) is 0. The summed E-state index contributed by atoms with van der Waals surface area (Å²) in [4.78, 5) is 35.6. The van der Waals surface area contributed by atoms with E-state index in [9.17, 15) is 14.4 Å². The quantitative estimate of drug-likeness (QED) is 0.885. The number of carbonyl (C=O) groups is 3. The molecule has 1 heterocycles. The van der Waals surface area contributed by atoms with Gasteiger partial charge in [-0.2, -0.15) is 0 Å². The van der Waals surface area contributed by atoms with E-state index >= 15 is 0 Å². The van der Waals surface area contributed by atoms with Crippen molar-refractivity contribution in [1.82, 2.24) is 4.90 Å². The molecule has 20 heavy (non-hydrogen) atoms. The van der Waals surface area contributed by atoms with E-state index in [-0.39, 0.29) is 0 Å². The molecule has 1 aromatic rings. The van der Waals surface area contributed by atoms with Crippen LogP contribution in [0.25, 0.3) is 0 Å². The Morgan fingerprint density at radius 1 is 1.45 bits per heavy atom. The van der Waals surface area contributed by atoms with Crippen LogP contribution in [0.1, 0.15) is 17.5 Å². The average molecular weight is 340 g/mol. The Morgan fingerprint density at radius 2 is 2.20 bits per heavy atom. The van der Waals surface area contributed by atoms with Gasteiger partial charge < -0.3 is 9.84 Å². The molecular formula is C13H10BrNO5. The van der Waals surface area contributed by atoms with Crippen LogP contribution in [0.5, 0.6) is 0 Å². The van der Waals surface area contributed by atoms with Crippen molar-refractivity contribution in [3.8, 4) is 0 Å². The van der Waals surface area contributed by atoms with Crippen LogP contribution in [-0.4, -0.2) is 34.5 Å². The van der Waals surface area contributed by atoms with E-state index in [1.165, 1.54) is 0 Å². The lowest BCUT2D eigenvalue weighted by molar-refractivity contribution is -0.144. The van der Waals surface area contributed by atoms with E-state index in [0.29, 0.717) is 23.3 Å². The molecule has 1 unspecified atom stereocenters. The second kappa shape index (κ2) is 4.31. The number of benzene rings is 1. The molecule has 3 rings (SSSR count). The van der Waals surface area contributed by atoms with E-state index in [4.69, 9.17) is 9.84 Å². The highest BCUT2D eigenvalue weighted by molar-refractivity contribution is 9.10. The topological polar surface area (TPSA) is 83.9 Å². The summed E-state index contributed by atoms with van der Waals surface area (Å²) in [6, 6.07) is 5.39. The minimum absolute atomic E-state index is 0.347. The Kier molecular flexibility index (Phi) is 2.82. The molecule has 0 aromatic heterocycles. The van der Waals surface area contributed by atoms with Crippen molar-refractivity contribution in [2.45, 2.75) is 18.4 Å². The van der Waals surface area contributed by atoms with Gasteiger partial charge in [0.2, 0.25) is 5.60 Å². The fraction of sp³-hybridized carbons (Fsp3) is 0.308. The second-order valence-electron chi connectivity index (χ2n) is 4.78. The van der Waals surface area contributed by atoms with E-state index in [2.05, 4.69) is 15.9 Å². The van der Waals surface area contributed by atoms with Gasteiger partial charge in [0, 0.05) is 16.5 Å². The molecule has 1 saturated heterocycles. The van der Waals surface area contributed by atoms with Crippen LogP contribution in [0.3, 0.4) is 0 Å². The number of rotatable bonds is 2. The summed E-state index contributed by atoms with van der Waals surface area (Å²) < 4.78 is 6.14. The van der Waals surface area contributed by atoms with Gasteiger partial charge in [0.15, 0.2) is 0 Å². The minimum atomic E-state index is -1.34. The van der Waals surface area contributed by atoms with E-state index in [1.807, 2.05) is 6.07 Å². The van der Waals surface area contributed by atoms with Gasteiger partial charge in [0.1, 0.15) is 6.54 Å². The van der Waals surface area contributed by atoms with Crippen molar-refractivity contribution in [2.24, 2.45) is 0 Å². The molecule has 7 heteroatoms. The van der Waals surface area contributed by atoms with Crippen LogP contribution >= 0.6 is 15.9 Å². The van der Waals surface area contributed by atoms with Crippen LogP contribution in [0, 0.1) is 0 Å². The number of nitrogens with zero attached hydrogens (tertiary/aromatic N) is 1. The number of amides is 2. The van der Waals surface area contributed by atoms with Gasteiger partial charge >= 0.3 is 12.1 Å². The maximum Gasteiger partial charge on any atom is 0.418 e. The van der Waals surface area contributed by atoms with Gasteiger partial charge in [-0.15, -0.1) is 0 Å². The fourth-order valence-corrected chi connectivity index (χ4v) is 3.17.